The lowest BCUT2D eigenvalue weighted by Gasteiger charge is -2.35. The number of esters is 1. The summed E-state index contributed by atoms with van der Waals surface area (Å²) in [6.45, 7) is 6.58. The van der Waals surface area contributed by atoms with E-state index in [9.17, 15) is 24.6 Å². The lowest BCUT2D eigenvalue weighted by molar-refractivity contribution is -0.179. The summed E-state index contributed by atoms with van der Waals surface area (Å²) in [5.41, 5.74) is -3.37. The summed E-state index contributed by atoms with van der Waals surface area (Å²) in [5, 5.41) is 29.0. The van der Waals surface area contributed by atoms with E-state index < -0.39 is 42.0 Å². The summed E-state index contributed by atoms with van der Waals surface area (Å²) in [5.74, 6) is -4.01. The van der Waals surface area contributed by atoms with Crippen LogP contribution >= 0.6 is 0 Å². The molecule has 0 spiro atoms. The van der Waals surface area contributed by atoms with Gasteiger partial charge in [-0.3, -0.25) is 9.59 Å². The first-order valence-corrected chi connectivity index (χ1v) is 16.0. The number of hydrogen-bond donors (Lipinski definition) is 3. The summed E-state index contributed by atoms with van der Waals surface area (Å²) >= 11 is 0. The van der Waals surface area contributed by atoms with Crippen LogP contribution in [0.4, 0.5) is 0 Å². The van der Waals surface area contributed by atoms with Crippen LogP contribution in [0.3, 0.4) is 0 Å². The monoisotopic (exact) mass is 556 g/mol. The summed E-state index contributed by atoms with van der Waals surface area (Å²) < 4.78 is 6.11. The fraction of sp³-hybridized carbons (Fsp3) is 0.906. The predicted molar refractivity (Wildman–Crippen MR) is 157 cm³/mol. The molecule has 3 N–H and O–H groups in total. The van der Waals surface area contributed by atoms with Crippen molar-refractivity contribution in [1.29, 1.82) is 0 Å². The molecule has 0 aromatic rings. The molecule has 0 aliphatic carbocycles. The Labute approximate surface area is 238 Å². The Morgan fingerprint density at radius 2 is 0.872 bits per heavy atom. The molecule has 0 heterocycles. The van der Waals surface area contributed by atoms with Crippen LogP contribution < -0.4 is 0 Å². The minimum Gasteiger partial charge on any atom is -0.481 e. The average Bonchev–Trinajstić information content (AvgIpc) is 2.87. The van der Waals surface area contributed by atoms with Gasteiger partial charge in [0.15, 0.2) is 5.60 Å². The lowest BCUT2D eigenvalue weighted by atomic mass is 9.84. The smallest absolute Gasteiger partial charge is 0.336 e. The second kappa shape index (κ2) is 23.1. The molecule has 7 heteroatoms. The first-order chi connectivity index (χ1) is 18.6. The molecule has 230 valence electrons. The molecule has 0 aliphatic heterocycles. The van der Waals surface area contributed by atoms with Crippen molar-refractivity contribution in [3.63, 3.8) is 0 Å². The molecular formula is C32H60O7. The van der Waals surface area contributed by atoms with Crippen molar-refractivity contribution >= 4 is 17.9 Å². The largest absolute Gasteiger partial charge is 0.481 e. The van der Waals surface area contributed by atoms with Crippen molar-refractivity contribution in [2.24, 2.45) is 0 Å². The molecule has 0 saturated heterocycles. The normalized spacial score (nSPS) is 13.2. The number of carbonyl (C=O) groups is 3. The Hall–Kier alpha value is -1.63. The summed E-state index contributed by atoms with van der Waals surface area (Å²) in [7, 11) is 0. The van der Waals surface area contributed by atoms with E-state index in [1.807, 2.05) is 0 Å². The van der Waals surface area contributed by atoms with E-state index in [1.54, 1.807) is 0 Å². The third kappa shape index (κ3) is 19.1. The maximum Gasteiger partial charge on any atom is 0.336 e. The molecule has 0 bridgehead atoms. The van der Waals surface area contributed by atoms with E-state index in [0.717, 1.165) is 77.0 Å². The van der Waals surface area contributed by atoms with Gasteiger partial charge in [-0.2, -0.15) is 0 Å². The number of aliphatic carboxylic acids is 2. The molecule has 7 nitrogen and oxygen atoms in total. The summed E-state index contributed by atoms with van der Waals surface area (Å²) in [4.78, 5) is 35.9. The molecule has 0 aromatic heterocycles. The molecule has 1 unspecified atom stereocenters. The molecule has 0 rings (SSSR count). The van der Waals surface area contributed by atoms with E-state index in [0.29, 0.717) is 0 Å². The third-order valence-corrected chi connectivity index (χ3v) is 7.82. The minimum atomic E-state index is -2.67. The van der Waals surface area contributed by atoms with Gasteiger partial charge in [-0.05, 0) is 38.5 Å². The van der Waals surface area contributed by atoms with Crippen LogP contribution in [-0.4, -0.2) is 44.4 Å². The Morgan fingerprint density at radius 3 is 1.18 bits per heavy atom. The van der Waals surface area contributed by atoms with Gasteiger partial charge in [0, 0.05) is 0 Å². The van der Waals surface area contributed by atoms with Crippen LogP contribution in [-0.2, 0) is 19.1 Å². The van der Waals surface area contributed by atoms with Crippen LogP contribution in [0.25, 0.3) is 0 Å². The molecule has 0 aromatic carbocycles. The highest BCUT2D eigenvalue weighted by Gasteiger charge is 2.43. The van der Waals surface area contributed by atoms with Crippen molar-refractivity contribution < 1.29 is 34.4 Å². The fourth-order valence-corrected chi connectivity index (χ4v) is 5.37. The second-order valence-electron chi connectivity index (χ2n) is 11.6. The minimum absolute atomic E-state index is 0.696. The van der Waals surface area contributed by atoms with Gasteiger partial charge in [-0.15, -0.1) is 0 Å². The zero-order valence-electron chi connectivity index (χ0n) is 25.4. The number of ether oxygens (including phenoxy) is 1. The van der Waals surface area contributed by atoms with E-state index in [4.69, 9.17) is 9.84 Å². The van der Waals surface area contributed by atoms with Crippen LogP contribution in [0.5, 0.6) is 0 Å². The van der Waals surface area contributed by atoms with Crippen LogP contribution in [0, 0.1) is 0 Å². The number of hydrogen-bond acceptors (Lipinski definition) is 5. The van der Waals surface area contributed by atoms with Gasteiger partial charge in [-0.25, -0.2) is 4.79 Å². The van der Waals surface area contributed by atoms with Gasteiger partial charge in [-0.1, -0.05) is 124 Å². The standard InChI is InChI=1S/C32H60O7/c1-4-7-10-13-16-19-22-25-31(23-20-17-14-11-8-5-2,24-21-18-15-12-9-6-3)39-29(35)27-32(38,30(36)37)26-28(33)34/h38H,4-27H2,1-3H3,(H,33,34)(H,36,37). The molecule has 0 radical (unpaired) electrons. The van der Waals surface area contributed by atoms with E-state index in [-0.39, 0.29) is 0 Å². The molecule has 0 saturated carbocycles. The van der Waals surface area contributed by atoms with Crippen molar-refractivity contribution in [1.82, 2.24) is 0 Å². The number of carbonyl (C=O) groups excluding carboxylic acids is 1. The zero-order valence-corrected chi connectivity index (χ0v) is 25.4. The van der Waals surface area contributed by atoms with Gasteiger partial charge >= 0.3 is 17.9 Å². The maximum absolute atomic E-state index is 13.1. The Balaban J connectivity index is 5.51. The topological polar surface area (TPSA) is 121 Å². The Kier molecular flexibility index (Phi) is 22.1. The van der Waals surface area contributed by atoms with E-state index >= 15 is 0 Å². The second-order valence-corrected chi connectivity index (χ2v) is 11.6. The third-order valence-electron chi connectivity index (χ3n) is 7.82. The summed E-state index contributed by atoms with van der Waals surface area (Å²) in [6, 6.07) is 0. The fourth-order valence-electron chi connectivity index (χ4n) is 5.37. The SMILES string of the molecule is CCCCCCCCCC(CCCCCCCC)(CCCCCCCC)OC(=O)CC(O)(CC(=O)O)C(=O)O. The molecule has 0 aliphatic rings. The first-order valence-electron chi connectivity index (χ1n) is 16.0. The number of aliphatic hydroxyl groups is 1. The quantitative estimate of drug-likeness (QED) is 0.0651. The lowest BCUT2D eigenvalue weighted by Crippen LogP contribution is -2.45. The molecule has 0 fully saturated rings. The van der Waals surface area contributed by atoms with E-state index in [1.165, 1.54) is 64.2 Å². The van der Waals surface area contributed by atoms with Crippen molar-refractivity contribution in [2.75, 3.05) is 0 Å². The number of rotatable bonds is 28. The molecule has 0 amide bonds. The Bertz CT molecular complexity index is 632. The van der Waals surface area contributed by atoms with Crippen molar-refractivity contribution in [3.8, 4) is 0 Å². The number of carboxylic acids is 2. The van der Waals surface area contributed by atoms with E-state index in [2.05, 4.69) is 20.8 Å². The van der Waals surface area contributed by atoms with Crippen LogP contribution in [0.1, 0.15) is 175 Å². The molecule has 1 atom stereocenters. The molecular weight excluding hydrogens is 496 g/mol. The summed E-state index contributed by atoms with van der Waals surface area (Å²) in [6.07, 6.45) is 21.8. The van der Waals surface area contributed by atoms with Gasteiger partial charge < -0.3 is 20.1 Å². The van der Waals surface area contributed by atoms with Gasteiger partial charge in [0.05, 0.1) is 12.8 Å². The first kappa shape index (κ1) is 37.4. The predicted octanol–water partition coefficient (Wildman–Crippen LogP) is 8.59. The van der Waals surface area contributed by atoms with Gasteiger partial charge in [0.1, 0.15) is 5.60 Å². The van der Waals surface area contributed by atoms with Crippen LogP contribution in [0.2, 0.25) is 0 Å². The maximum atomic E-state index is 13.1. The van der Waals surface area contributed by atoms with Crippen molar-refractivity contribution in [3.05, 3.63) is 0 Å². The highest BCUT2D eigenvalue weighted by Crippen LogP contribution is 2.34. The highest BCUT2D eigenvalue weighted by atomic mass is 16.6. The van der Waals surface area contributed by atoms with Crippen molar-refractivity contribution in [2.45, 2.75) is 186 Å². The zero-order chi connectivity index (χ0) is 29.4. The number of carboxylic acid groups (broad SMARTS) is 2. The van der Waals surface area contributed by atoms with Gasteiger partial charge in [0.2, 0.25) is 0 Å². The average molecular weight is 557 g/mol. The van der Waals surface area contributed by atoms with Crippen LogP contribution in [0.15, 0.2) is 0 Å². The number of unbranched alkanes of at least 4 members (excludes halogenated alkanes) is 16. The molecule has 39 heavy (non-hydrogen) atoms. The van der Waals surface area contributed by atoms with Gasteiger partial charge in [0.25, 0.3) is 0 Å². The Morgan fingerprint density at radius 1 is 0.538 bits per heavy atom. The highest BCUT2D eigenvalue weighted by molar-refractivity contribution is 5.88.